The van der Waals surface area contributed by atoms with Gasteiger partial charge in [0.1, 0.15) is 5.54 Å². The van der Waals surface area contributed by atoms with Crippen molar-refractivity contribution in [1.82, 2.24) is 4.90 Å². The molecule has 1 aliphatic carbocycles. The number of benzene rings is 1. The Morgan fingerprint density at radius 3 is 2.52 bits per heavy atom. The maximum Gasteiger partial charge on any atom is 0.329 e. The molecule has 1 unspecified atom stereocenters. The first-order valence-electron chi connectivity index (χ1n) is 7.08. The highest BCUT2D eigenvalue weighted by Crippen LogP contribution is 2.36. The molecule has 0 bridgehead atoms. The van der Waals surface area contributed by atoms with E-state index in [4.69, 9.17) is 0 Å². The molecule has 114 valence electrons. The number of amides is 1. The van der Waals surface area contributed by atoms with E-state index in [-0.39, 0.29) is 11.9 Å². The lowest BCUT2D eigenvalue weighted by molar-refractivity contribution is -0.162. The largest absolute Gasteiger partial charge is 0.479 e. The van der Waals surface area contributed by atoms with Crippen LogP contribution in [0.15, 0.2) is 22.7 Å². The van der Waals surface area contributed by atoms with Gasteiger partial charge in [0, 0.05) is 23.9 Å². The van der Waals surface area contributed by atoms with Gasteiger partial charge in [0.25, 0.3) is 0 Å². The fourth-order valence-electron chi connectivity index (χ4n) is 3.40. The predicted octanol–water partition coefficient (Wildman–Crippen LogP) is 3.02. The summed E-state index contributed by atoms with van der Waals surface area (Å²) < 4.78 is 0.997. The quantitative estimate of drug-likeness (QED) is 0.908. The van der Waals surface area contributed by atoms with Crippen LogP contribution < -0.4 is 0 Å². The molecule has 2 rings (SSSR count). The molecule has 0 radical (unpaired) electrons. The summed E-state index contributed by atoms with van der Waals surface area (Å²) in [5, 5.41) is 9.83. The first-order chi connectivity index (χ1) is 9.78. The maximum absolute atomic E-state index is 12.0. The number of hydrogen-bond donors (Lipinski definition) is 1. The molecule has 1 aliphatic rings. The SMILES string of the molecule is CC(=O)N(C(C)C)C1(C(=O)O)CCc2cc(Br)ccc2C1. The standard InChI is InChI=1S/C16H20BrNO3/c1-10(2)18(11(3)19)16(15(20)21)7-6-12-8-14(17)5-4-13(12)9-16/h4-5,8,10H,6-7,9H2,1-3H3,(H,20,21). The number of carbonyl (C=O) groups is 2. The van der Waals surface area contributed by atoms with Gasteiger partial charge >= 0.3 is 5.97 Å². The predicted molar refractivity (Wildman–Crippen MR) is 84.2 cm³/mol. The molecule has 0 aromatic heterocycles. The zero-order valence-corrected chi connectivity index (χ0v) is 14.1. The number of fused-ring (bicyclic) bond motifs is 1. The summed E-state index contributed by atoms with van der Waals surface area (Å²) in [5.74, 6) is -1.10. The van der Waals surface area contributed by atoms with E-state index in [1.807, 2.05) is 32.0 Å². The summed E-state index contributed by atoms with van der Waals surface area (Å²) in [7, 11) is 0. The number of rotatable bonds is 3. The van der Waals surface area contributed by atoms with E-state index in [1.54, 1.807) is 0 Å². The van der Waals surface area contributed by atoms with Gasteiger partial charge in [-0.05, 0) is 49.9 Å². The summed E-state index contributed by atoms with van der Waals surface area (Å²) in [4.78, 5) is 25.5. The Kier molecular flexibility index (Phi) is 4.42. The molecular weight excluding hydrogens is 334 g/mol. The Balaban J connectivity index is 2.49. The van der Waals surface area contributed by atoms with Gasteiger partial charge in [0.2, 0.25) is 5.91 Å². The number of aliphatic carboxylic acids is 1. The average Bonchev–Trinajstić information content (AvgIpc) is 2.37. The third-order valence-electron chi connectivity index (χ3n) is 4.17. The molecule has 5 heteroatoms. The van der Waals surface area contributed by atoms with Crippen molar-refractivity contribution in [2.24, 2.45) is 0 Å². The molecule has 0 aliphatic heterocycles. The lowest BCUT2D eigenvalue weighted by Gasteiger charge is -2.45. The van der Waals surface area contributed by atoms with E-state index < -0.39 is 11.5 Å². The second-order valence-electron chi connectivity index (χ2n) is 5.91. The molecule has 1 atom stereocenters. The normalized spacial score (nSPS) is 21.0. The highest BCUT2D eigenvalue weighted by atomic mass is 79.9. The highest BCUT2D eigenvalue weighted by Gasteiger charge is 2.48. The Hall–Kier alpha value is -1.36. The molecular formula is C16H20BrNO3. The highest BCUT2D eigenvalue weighted by molar-refractivity contribution is 9.10. The molecule has 1 N–H and O–H groups in total. The molecule has 1 amide bonds. The van der Waals surface area contributed by atoms with Gasteiger partial charge in [-0.3, -0.25) is 4.79 Å². The Labute approximate surface area is 133 Å². The monoisotopic (exact) mass is 353 g/mol. The summed E-state index contributed by atoms with van der Waals surface area (Å²) in [6, 6.07) is 5.77. The van der Waals surface area contributed by atoms with E-state index in [1.165, 1.54) is 11.8 Å². The molecule has 0 saturated heterocycles. The van der Waals surface area contributed by atoms with Crippen LogP contribution in [0.5, 0.6) is 0 Å². The van der Waals surface area contributed by atoms with Crippen LogP contribution in [0.3, 0.4) is 0 Å². The molecule has 21 heavy (non-hydrogen) atoms. The van der Waals surface area contributed by atoms with E-state index in [9.17, 15) is 14.7 Å². The van der Waals surface area contributed by atoms with Crippen LogP contribution in [0.2, 0.25) is 0 Å². The third kappa shape index (κ3) is 2.84. The van der Waals surface area contributed by atoms with Crippen LogP contribution >= 0.6 is 15.9 Å². The first kappa shape index (κ1) is 16.0. The number of nitrogens with zero attached hydrogens (tertiary/aromatic N) is 1. The molecule has 0 saturated carbocycles. The summed E-state index contributed by atoms with van der Waals surface area (Å²) in [6.07, 6.45) is 1.48. The maximum atomic E-state index is 12.0. The average molecular weight is 354 g/mol. The van der Waals surface area contributed by atoms with Crippen molar-refractivity contribution in [3.63, 3.8) is 0 Å². The topological polar surface area (TPSA) is 57.6 Å². The number of halogens is 1. The molecule has 4 nitrogen and oxygen atoms in total. The molecule has 0 spiro atoms. The van der Waals surface area contributed by atoms with Gasteiger partial charge in [-0.25, -0.2) is 4.79 Å². The van der Waals surface area contributed by atoms with Crippen molar-refractivity contribution in [2.75, 3.05) is 0 Å². The lowest BCUT2D eigenvalue weighted by Crippen LogP contribution is -2.61. The van der Waals surface area contributed by atoms with Crippen molar-refractivity contribution in [3.05, 3.63) is 33.8 Å². The van der Waals surface area contributed by atoms with E-state index in [2.05, 4.69) is 15.9 Å². The summed E-state index contributed by atoms with van der Waals surface area (Å²) in [5.41, 5.74) is 1.04. The van der Waals surface area contributed by atoms with E-state index in [0.29, 0.717) is 19.3 Å². The first-order valence-corrected chi connectivity index (χ1v) is 7.88. The van der Waals surface area contributed by atoms with Crippen molar-refractivity contribution in [2.45, 2.75) is 51.6 Å². The van der Waals surface area contributed by atoms with Crippen molar-refractivity contribution < 1.29 is 14.7 Å². The zero-order chi connectivity index (χ0) is 15.8. The van der Waals surface area contributed by atoms with Crippen molar-refractivity contribution >= 4 is 27.8 Å². The smallest absolute Gasteiger partial charge is 0.329 e. The second-order valence-corrected chi connectivity index (χ2v) is 6.82. The Morgan fingerprint density at radius 1 is 1.33 bits per heavy atom. The molecule has 1 aromatic rings. The molecule has 1 aromatic carbocycles. The van der Waals surface area contributed by atoms with Crippen LogP contribution in [-0.4, -0.2) is 33.5 Å². The minimum atomic E-state index is -1.14. The van der Waals surface area contributed by atoms with Crippen LogP contribution in [-0.2, 0) is 22.4 Å². The number of carboxylic acid groups (broad SMARTS) is 1. The Bertz CT molecular complexity index is 585. The lowest BCUT2D eigenvalue weighted by atomic mass is 9.76. The summed E-state index contributed by atoms with van der Waals surface area (Å²) in [6.45, 7) is 5.17. The van der Waals surface area contributed by atoms with Gasteiger partial charge in [-0.1, -0.05) is 22.0 Å². The van der Waals surface area contributed by atoms with Gasteiger partial charge in [-0.15, -0.1) is 0 Å². The number of aryl methyl sites for hydroxylation is 1. The van der Waals surface area contributed by atoms with Gasteiger partial charge in [-0.2, -0.15) is 0 Å². The van der Waals surface area contributed by atoms with Crippen LogP contribution in [0.4, 0.5) is 0 Å². The Morgan fingerprint density at radius 2 is 2.00 bits per heavy atom. The molecule has 0 heterocycles. The molecule has 0 fully saturated rings. The minimum Gasteiger partial charge on any atom is -0.479 e. The number of carbonyl (C=O) groups excluding carboxylic acids is 1. The van der Waals surface area contributed by atoms with E-state index >= 15 is 0 Å². The fourth-order valence-corrected chi connectivity index (χ4v) is 3.80. The summed E-state index contributed by atoms with van der Waals surface area (Å²) >= 11 is 3.44. The van der Waals surface area contributed by atoms with E-state index in [0.717, 1.165) is 15.6 Å². The van der Waals surface area contributed by atoms with Crippen LogP contribution in [0, 0.1) is 0 Å². The van der Waals surface area contributed by atoms with Crippen LogP contribution in [0.1, 0.15) is 38.3 Å². The van der Waals surface area contributed by atoms with Gasteiger partial charge in [0.05, 0.1) is 0 Å². The number of carboxylic acids is 1. The van der Waals surface area contributed by atoms with Gasteiger partial charge < -0.3 is 10.0 Å². The van der Waals surface area contributed by atoms with Gasteiger partial charge in [0.15, 0.2) is 0 Å². The fraction of sp³-hybridized carbons (Fsp3) is 0.500. The zero-order valence-electron chi connectivity index (χ0n) is 12.5. The van der Waals surface area contributed by atoms with Crippen LogP contribution in [0.25, 0.3) is 0 Å². The third-order valence-corrected chi connectivity index (χ3v) is 4.67. The number of hydrogen-bond acceptors (Lipinski definition) is 2. The second kappa shape index (κ2) is 5.79. The van der Waals surface area contributed by atoms with Crippen molar-refractivity contribution in [1.29, 1.82) is 0 Å². The van der Waals surface area contributed by atoms with Crippen molar-refractivity contribution in [3.8, 4) is 0 Å². The minimum absolute atomic E-state index is 0.143.